The molecule has 1 heterocycles. The minimum Gasteiger partial charge on any atom is -0.447 e. The first-order valence-electron chi connectivity index (χ1n) is 10.5. The lowest BCUT2D eigenvalue weighted by Gasteiger charge is -2.22. The molecule has 0 radical (unpaired) electrons. The second-order valence-electron chi connectivity index (χ2n) is 7.81. The number of alkyl halides is 6. The molecule has 1 atom stereocenters. The van der Waals surface area contributed by atoms with Gasteiger partial charge in [-0.2, -0.15) is 26.3 Å². The van der Waals surface area contributed by atoms with Gasteiger partial charge >= 0.3 is 24.1 Å². The van der Waals surface area contributed by atoms with Crippen molar-refractivity contribution in [1.82, 2.24) is 19.7 Å². The molecule has 0 fully saturated rings. The van der Waals surface area contributed by atoms with E-state index >= 15 is 0 Å². The molecule has 0 aliphatic carbocycles. The standard InChI is InChI=1S/C22H18ClF6N5O4/c23-13-7-5-12(6-8-13)18-32-34(20(37)33(18)11-21(24,25)26)9-17(35)31-16(10-38-19(30)36)14-3-1-2-4-15(14)22(27,28)29/h1-8,16H,9-11H2,(H2,30,36)(H,31,35)/t16-/m0/s1. The van der Waals surface area contributed by atoms with Gasteiger partial charge in [0.2, 0.25) is 5.91 Å². The van der Waals surface area contributed by atoms with E-state index in [0.29, 0.717) is 9.25 Å². The van der Waals surface area contributed by atoms with E-state index in [-0.39, 0.29) is 10.6 Å². The summed E-state index contributed by atoms with van der Waals surface area (Å²) >= 11 is 5.80. The Kier molecular flexibility index (Phi) is 8.39. The van der Waals surface area contributed by atoms with Crippen LogP contribution in [0.1, 0.15) is 17.2 Å². The molecule has 16 heteroatoms. The van der Waals surface area contributed by atoms with Crippen molar-refractivity contribution in [3.63, 3.8) is 0 Å². The summed E-state index contributed by atoms with van der Waals surface area (Å²) in [5.41, 5.74) is 2.06. The molecule has 2 aromatic carbocycles. The van der Waals surface area contributed by atoms with Gasteiger partial charge in [0.15, 0.2) is 5.82 Å². The number of aromatic nitrogens is 3. The Bertz CT molecular complexity index is 1370. The third-order valence-corrected chi connectivity index (χ3v) is 5.28. The number of nitrogens with two attached hydrogens (primary N) is 1. The summed E-state index contributed by atoms with van der Waals surface area (Å²) in [6, 6.07) is 7.87. The predicted molar refractivity (Wildman–Crippen MR) is 121 cm³/mol. The van der Waals surface area contributed by atoms with Gasteiger partial charge in [0.25, 0.3) is 0 Å². The number of nitrogens with zero attached hydrogens (tertiary/aromatic N) is 3. The van der Waals surface area contributed by atoms with Crippen LogP contribution in [0.2, 0.25) is 5.02 Å². The van der Waals surface area contributed by atoms with Crippen LogP contribution in [0.15, 0.2) is 53.3 Å². The highest BCUT2D eigenvalue weighted by Gasteiger charge is 2.36. The highest BCUT2D eigenvalue weighted by Crippen LogP contribution is 2.34. The summed E-state index contributed by atoms with van der Waals surface area (Å²) in [6.45, 7) is -3.49. The van der Waals surface area contributed by atoms with E-state index in [1.54, 1.807) is 0 Å². The summed E-state index contributed by atoms with van der Waals surface area (Å²) in [6.07, 6.45) is -11.0. The van der Waals surface area contributed by atoms with Gasteiger partial charge in [-0.25, -0.2) is 14.3 Å². The first-order chi connectivity index (χ1) is 17.7. The number of halogens is 7. The normalized spacial score (nSPS) is 12.7. The Morgan fingerprint density at radius 3 is 2.26 bits per heavy atom. The highest BCUT2D eigenvalue weighted by atomic mass is 35.5. The third-order valence-electron chi connectivity index (χ3n) is 5.03. The lowest BCUT2D eigenvalue weighted by Crippen LogP contribution is -2.39. The molecule has 0 bridgehead atoms. The van der Waals surface area contributed by atoms with E-state index in [0.717, 1.165) is 18.2 Å². The van der Waals surface area contributed by atoms with Gasteiger partial charge in [0, 0.05) is 10.6 Å². The highest BCUT2D eigenvalue weighted by molar-refractivity contribution is 6.30. The maximum Gasteiger partial charge on any atom is 0.416 e. The average molecular weight is 566 g/mol. The van der Waals surface area contributed by atoms with Crippen LogP contribution in [-0.2, 0) is 28.8 Å². The predicted octanol–water partition coefficient (Wildman–Crippen LogP) is 3.90. The number of ether oxygens (including phenoxy) is 1. The maximum atomic E-state index is 13.5. The second-order valence-corrected chi connectivity index (χ2v) is 8.24. The van der Waals surface area contributed by atoms with Gasteiger partial charge in [-0.05, 0) is 35.9 Å². The molecule has 9 nitrogen and oxygen atoms in total. The van der Waals surface area contributed by atoms with E-state index < -0.39 is 72.7 Å². The molecule has 0 saturated heterocycles. The Balaban J connectivity index is 1.95. The number of nitrogens with one attached hydrogen (secondary N) is 1. The molecule has 204 valence electrons. The summed E-state index contributed by atoms with van der Waals surface area (Å²) in [4.78, 5) is 36.5. The maximum absolute atomic E-state index is 13.5. The van der Waals surface area contributed by atoms with Crippen molar-refractivity contribution in [1.29, 1.82) is 0 Å². The van der Waals surface area contributed by atoms with Crippen molar-refractivity contribution in [2.24, 2.45) is 5.73 Å². The number of rotatable bonds is 8. The van der Waals surface area contributed by atoms with Crippen molar-refractivity contribution in [2.75, 3.05) is 6.61 Å². The Hall–Kier alpha value is -4.01. The van der Waals surface area contributed by atoms with E-state index in [1.807, 2.05) is 0 Å². The van der Waals surface area contributed by atoms with Crippen molar-refractivity contribution in [3.8, 4) is 11.4 Å². The van der Waals surface area contributed by atoms with Crippen LogP contribution in [0.5, 0.6) is 0 Å². The molecule has 0 aliphatic rings. The molecule has 3 aromatic rings. The number of hydrogen-bond donors (Lipinski definition) is 2. The first kappa shape index (κ1) is 28.6. The van der Waals surface area contributed by atoms with Crippen LogP contribution in [0.4, 0.5) is 31.1 Å². The van der Waals surface area contributed by atoms with Crippen molar-refractivity contribution < 1.29 is 40.7 Å². The van der Waals surface area contributed by atoms with Crippen LogP contribution < -0.4 is 16.7 Å². The number of carbonyl (C=O) groups excluding carboxylic acids is 2. The summed E-state index contributed by atoms with van der Waals surface area (Å²) < 4.78 is 85.3. The fraction of sp³-hybridized carbons (Fsp3) is 0.273. The van der Waals surface area contributed by atoms with Crippen LogP contribution >= 0.6 is 11.6 Å². The number of benzene rings is 2. The van der Waals surface area contributed by atoms with Crippen LogP contribution in [0.25, 0.3) is 11.4 Å². The molecule has 1 aromatic heterocycles. The largest absolute Gasteiger partial charge is 0.447 e. The van der Waals surface area contributed by atoms with E-state index in [2.05, 4.69) is 15.2 Å². The summed E-state index contributed by atoms with van der Waals surface area (Å²) in [5.74, 6) is -1.53. The molecule has 2 amide bonds. The quantitative estimate of drug-likeness (QED) is 0.401. The lowest BCUT2D eigenvalue weighted by atomic mass is 10.00. The molecular formula is C22H18ClF6N5O4. The third kappa shape index (κ3) is 7.27. The number of amides is 2. The van der Waals surface area contributed by atoms with Crippen LogP contribution in [0, 0.1) is 0 Å². The van der Waals surface area contributed by atoms with Gasteiger partial charge in [-0.15, -0.1) is 5.10 Å². The van der Waals surface area contributed by atoms with Gasteiger partial charge in [-0.3, -0.25) is 9.36 Å². The van der Waals surface area contributed by atoms with Gasteiger partial charge < -0.3 is 15.8 Å². The zero-order chi connectivity index (χ0) is 28.3. The Morgan fingerprint density at radius 1 is 1.05 bits per heavy atom. The topological polar surface area (TPSA) is 121 Å². The fourth-order valence-corrected chi connectivity index (χ4v) is 3.61. The van der Waals surface area contributed by atoms with Crippen molar-refractivity contribution in [2.45, 2.75) is 31.5 Å². The molecule has 0 unspecified atom stereocenters. The summed E-state index contributed by atoms with van der Waals surface area (Å²) in [7, 11) is 0. The van der Waals surface area contributed by atoms with E-state index in [9.17, 15) is 40.7 Å². The smallest absolute Gasteiger partial charge is 0.416 e. The number of hydrogen-bond acceptors (Lipinski definition) is 5. The van der Waals surface area contributed by atoms with Gasteiger partial charge in [-0.1, -0.05) is 29.8 Å². The van der Waals surface area contributed by atoms with Crippen LogP contribution in [-0.4, -0.2) is 39.1 Å². The molecule has 3 N–H and O–H groups in total. The molecule has 0 aliphatic heterocycles. The SMILES string of the molecule is NC(=O)OC[C@H](NC(=O)Cn1nc(-c2ccc(Cl)cc2)n(CC(F)(F)F)c1=O)c1ccccc1C(F)(F)F. The van der Waals surface area contributed by atoms with Crippen molar-refractivity contribution in [3.05, 3.63) is 75.2 Å². The molecule has 0 spiro atoms. The van der Waals surface area contributed by atoms with Gasteiger partial charge in [0.1, 0.15) is 19.7 Å². The van der Waals surface area contributed by atoms with Crippen LogP contribution in [0.3, 0.4) is 0 Å². The monoisotopic (exact) mass is 565 g/mol. The van der Waals surface area contributed by atoms with E-state index in [4.69, 9.17) is 17.3 Å². The van der Waals surface area contributed by atoms with Crippen molar-refractivity contribution >= 4 is 23.6 Å². The van der Waals surface area contributed by atoms with E-state index in [1.165, 1.54) is 30.3 Å². The second kappa shape index (κ2) is 11.2. The zero-order valence-corrected chi connectivity index (χ0v) is 19.8. The zero-order valence-electron chi connectivity index (χ0n) is 19.0. The first-order valence-corrected chi connectivity index (χ1v) is 10.9. The number of primary amides is 1. The molecule has 38 heavy (non-hydrogen) atoms. The Labute approximate surface area is 214 Å². The molecule has 3 rings (SSSR count). The average Bonchev–Trinajstić information content (AvgIpc) is 3.10. The van der Waals surface area contributed by atoms with Gasteiger partial charge in [0.05, 0.1) is 11.6 Å². The molecular weight excluding hydrogens is 548 g/mol. The minimum atomic E-state index is -4.84. The number of carbonyl (C=O) groups is 2. The fourth-order valence-electron chi connectivity index (χ4n) is 3.49. The lowest BCUT2D eigenvalue weighted by molar-refractivity contribution is -0.141. The molecule has 0 saturated carbocycles. The minimum absolute atomic E-state index is 0.0850. The Morgan fingerprint density at radius 2 is 1.68 bits per heavy atom. The summed E-state index contributed by atoms with van der Waals surface area (Å²) in [5, 5.41) is 6.27.